The minimum atomic E-state index is 0.749. The van der Waals surface area contributed by atoms with Gasteiger partial charge in [-0.15, -0.1) is 0 Å². The third-order valence-electron chi connectivity index (χ3n) is 3.23. The Morgan fingerprint density at radius 3 is 2.60 bits per heavy atom. The minimum Gasteiger partial charge on any atom is -0.354 e. The van der Waals surface area contributed by atoms with Gasteiger partial charge in [-0.25, -0.2) is 0 Å². The summed E-state index contributed by atoms with van der Waals surface area (Å²) in [5, 5.41) is 7.38. The van der Waals surface area contributed by atoms with Gasteiger partial charge in [0.1, 0.15) is 5.69 Å². The summed E-state index contributed by atoms with van der Waals surface area (Å²) < 4.78 is 6.37. The maximum absolute atomic E-state index is 5.30. The molecule has 0 atom stereocenters. The Morgan fingerprint density at radius 2 is 1.85 bits per heavy atom. The molecule has 0 unspecified atom stereocenters. The monoisotopic (exact) mass is 336 g/mol. The number of nitrogens with zero attached hydrogens (tertiary/aromatic N) is 1. The summed E-state index contributed by atoms with van der Waals surface area (Å²) in [6.45, 7) is 3.18. The second-order valence-electron chi connectivity index (χ2n) is 4.92. The molecule has 0 aliphatic heterocycles. The number of anilines is 1. The SMILES string of the molecule is CCCCCCCNc1cc(-c2ccc(Br)cc2)no1. The topological polar surface area (TPSA) is 38.1 Å². The van der Waals surface area contributed by atoms with E-state index in [9.17, 15) is 0 Å². The van der Waals surface area contributed by atoms with Crippen LogP contribution in [0.25, 0.3) is 11.3 Å². The first-order valence-corrected chi connectivity index (χ1v) is 8.05. The molecular weight excluding hydrogens is 316 g/mol. The van der Waals surface area contributed by atoms with Crippen LogP contribution in [0.2, 0.25) is 0 Å². The van der Waals surface area contributed by atoms with Crippen molar-refractivity contribution in [2.45, 2.75) is 39.0 Å². The summed E-state index contributed by atoms with van der Waals surface area (Å²) in [6, 6.07) is 10.0. The van der Waals surface area contributed by atoms with Gasteiger partial charge in [-0.1, -0.05) is 65.8 Å². The van der Waals surface area contributed by atoms with Crippen molar-refractivity contribution in [3.05, 3.63) is 34.8 Å². The first-order chi connectivity index (χ1) is 9.79. The van der Waals surface area contributed by atoms with Crippen LogP contribution in [0.4, 0.5) is 5.88 Å². The van der Waals surface area contributed by atoms with Crippen LogP contribution in [-0.2, 0) is 0 Å². The Kier molecular flexibility index (Phi) is 6.12. The lowest BCUT2D eigenvalue weighted by atomic mass is 10.1. The fraction of sp³-hybridized carbons (Fsp3) is 0.438. The van der Waals surface area contributed by atoms with Gasteiger partial charge < -0.3 is 9.84 Å². The third kappa shape index (κ3) is 4.67. The van der Waals surface area contributed by atoms with Gasteiger partial charge in [-0.05, 0) is 18.6 Å². The predicted molar refractivity (Wildman–Crippen MR) is 86.9 cm³/mol. The molecule has 2 aromatic rings. The van der Waals surface area contributed by atoms with E-state index in [0.717, 1.165) is 28.2 Å². The van der Waals surface area contributed by atoms with Crippen molar-refractivity contribution in [3.63, 3.8) is 0 Å². The van der Waals surface area contributed by atoms with Crippen LogP contribution in [0, 0.1) is 0 Å². The predicted octanol–water partition coefficient (Wildman–Crippen LogP) is 5.49. The van der Waals surface area contributed by atoms with Crippen molar-refractivity contribution >= 4 is 21.8 Å². The molecule has 0 spiro atoms. The molecule has 0 aliphatic rings. The lowest BCUT2D eigenvalue weighted by molar-refractivity contribution is 0.434. The summed E-state index contributed by atoms with van der Waals surface area (Å²) in [6.07, 6.45) is 6.38. The van der Waals surface area contributed by atoms with Gasteiger partial charge >= 0.3 is 0 Å². The molecule has 1 aromatic heterocycles. The van der Waals surface area contributed by atoms with Gasteiger partial charge in [-0.3, -0.25) is 0 Å². The highest BCUT2D eigenvalue weighted by atomic mass is 79.9. The van der Waals surface area contributed by atoms with Crippen molar-refractivity contribution in [3.8, 4) is 11.3 Å². The lowest BCUT2D eigenvalue weighted by Crippen LogP contribution is -1.99. The fourth-order valence-electron chi connectivity index (χ4n) is 2.06. The summed E-state index contributed by atoms with van der Waals surface area (Å²) in [5.74, 6) is 0.749. The average molecular weight is 337 g/mol. The molecule has 2 rings (SSSR count). The Bertz CT molecular complexity index is 507. The summed E-state index contributed by atoms with van der Waals surface area (Å²) in [5.41, 5.74) is 1.93. The maximum Gasteiger partial charge on any atom is 0.225 e. The van der Waals surface area contributed by atoms with E-state index >= 15 is 0 Å². The van der Waals surface area contributed by atoms with Crippen LogP contribution in [0.3, 0.4) is 0 Å². The molecule has 0 amide bonds. The first kappa shape index (κ1) is 15.1. The smallest absolute Gasteiger partial charge is 0.225 e. The summed E-state index contributed by atoms with van der Waals surface area (Å²) in [4.78, 5) is 0. The zero-order valence-electron chi connectivity index (χ0n) is 11.9. The van der Waals surface area contributed by atoms with Crippen LogP contribution in [0.5, 0.6) is 0 Å². The van der Waals surface area contributed by atoms with E-state index in [1.54, 1.807) is 0 Å². The van der Waals surface area contributed by atoms with Crippen LogP contribution in [0.1, 0.15) is 39.0 Å². The highest BCUT2D eigenvalue weighted by Gasteiger charge is 2.05. The fourth-order valence-corrected chi connectivity index (χ4v) is 2.32. The third-order valence-corrected chi connectivity index (χ3v) is 3.76. The molecule has 1 aromatic carbocycles. The van der Waals surface area contributed by atoms with Crippen LogP contribution < -0.4 is 5.32 Å². The van der Waals surface area contributed by atoms with Gasteiger partial charge in [0.15, 0.2) is 0 Å². The highest BCUT2D eigenvalue weighted by molar-refractivity contribution is 9.10. The Morgan fingerprint density at radius 1 is 1.10 bits per heavy atom. The van der Waals surface area contributed by atoms with Gasteiger partial charge in [-0.2, -0.15) is 0 Å². The molecule has 0 fully saturated rings. The number of halogens is 1. The molecule has 0 aliphatic carbocycles. The standard InChI is InChI=1S/C16H21BrN2O/c1-2-3-4-5-6-11-18-16-12-15(19-20-16)13-7-9-14(17)10-8-13/h7-10,12,18H,2-6,11H2,1H3. The number of benzene rings is 1. The molecule has 0 saturated carbocycles. The van der Waals surface area contributed by atoms with E-state index < -0.39 is 0 Å². The number of aromatic nitrogens is 1. The molecule has 4 heteroatoms. The zero-order chi connectivity index (χ0) is 14.2. The Hall–Kier alpha value is -1.29. The van der Waals surface area contributed by atoms with Crippen molar-refractivity contribution in [2.24, 2.45) is 0 Å². The molecule has 1 N–H and O–H groups in total. The number of nitrogens with one attached hydrogen (secondary N) is 1. The first-order valence-electron chi connectivity index (χ1n) is 7.26. The van der Waals surface area contributed by atoms with Crippen LogP contribution in [0.15, 0.2) is 39.3 Å². The Balaban J connectivity index is 1.79. The van der Waals surface area contributed by atoms with E-state index in [1.165, 1.54) is 32.1 Å². The van der Waals surface area contributed by atoms with Crippen molar-refractivity contribution in [1.82, 2.24) is 5.16 Å². The largest absolute Gasteiger partial charge is 0.354 e. The average Bonchev–Trinajstić information content (AvgIpc) is 2.92. The molecule has 20 heavy (non-hydrogen) atoms. The van der Waals surface area contributed by atoms with Crippen molar-refractivity contribution < 1.29 is 4.52 Å². The number of rotatable bonds is 8. The highest BCUT2D eigenvalue weighted by Crippen LogP contribution is 2.23. The van der Waals surface area contributed by atoms with E-state index in [1.807, 2.05) is 30.3 Å². The Labute approximate surface area is 128 Å². The molecule has 0 radical (unpaired) electrons. The normalized spacial score (nSPS) is 10.7. The van der Waals surface area contributed by atoms with Crippen molar-refractivity contribution in [1.29, 1.82) is 0 Å². The van der Waals surface area contributed by atoms with Crippen LogP contribution >= 0.6 is 15.9 Å². The van der Waals surface area contributed by atoms with E-state index in [4.69, 9.17) is 4.52 Å². The van der Waals surface area contributed by atoms with Crippen LogP contribution in [-0.4, -0.2) is 11.7 Å². The second-order valence-corrected chi connectivity index (χ2v) is 5.84. The quantitative estimate of drug-likeness (QED) is 0.648. The van der Waals surface area contributed by atoms with Gasteiger partial charge in [0, 0.05) is 22.6 Å². The lowest BCUT2D eigenvalue weighted by Gasteiger charge is -2.01. The van der Waals surface area contributed by atoms with E-state index in [-0.39, 0.29) is 0 Å². The van der Waals surface area contributed by atoms with Gasteiger partial charge in [0.25, 0.3) is 0 Å². The summed E-state index contributed by atoms with van der Waals surface area (Å²) in [7, 11) is 0. The van der Waals surface area contributed by atoms with Gasteiger partial charge in [0.05, 0.1) is 0 Å². The number of unbranched alkanes of at least 4 members (excludes halogenated alkanes) is 4. The molecule has 1 heterocycles. The van der Waals surface area contributed by atoms with E-state index in [2.05, 4.69) is 33.3 Å². The maximum atomic E-state index is 5.30. The van der Waals surface area contributed by atoms with E-state index in [0.29, 0.717) is 0 Å². The zero-order valence-corrected chi connectivity index (χ0v) is 13.4. The van der Waals surface area contributed by atoms with Gasteiger partial charge in [0.2, 0.25) is 5.88 Å². The minimum absolute atomic E-state index is 0.749. The number of hydrogen-bond acceptors (Lipinski definition) is 3. The van der Waals surface area contributed by atoms with Crippen molar-refractivity contribution in [2.75, 3.05) is 11.9 Å². The summed E-state index contributed by atoms with van der Waals surface area (Å²) >= 11 is 3.43. The second kappa shape index (κ2) is 8.10. The molecule has 0 bridgehead atoms. The molecular formula is C16H21BrN2O. The number of hydrogen-bond donors (Lipinski definition) is 1. The molecule has 3 nitrogen and oxygen atoms in total. The molecule has 108 valence electrons. The molecule has 0 saturated heterocycles.